The fourth-order valence-electron chi connectivity index (χ4n) is 4.86. The van der Waals surface area contributed by atoms with Gasteiger partial charge < -0.3 is 51.2 Å². The van der Waals surface area contributed by atoms with Crippen molar-refractivity contribution in [2.24, 2.45) is 5.73 Å². The van der Waals surface area contributed by atoms with Gasteiger partial charge in [0.1, 0.15) is 30.5 Å². The first kappa shape index (κ1) is 35.4. The number of carbonyl (C=O) groups excluding carboxylic acids is 4. The van der Waals surface area contributed by atoms with Crippen LogP contribution < -0.4 is 21.1 Å². The maximum absolute atomic E-state index is 13.4. The van der Waals surface area contributed by atoms with Crippen molar-refractivity contribution in [1.29, 1.82) is 0 Å². The Balaban J connectivity index is 1.79. The lowest BCUT2D eigenvalue weighted by Gasteiger charge is -2.30. The molecule has 3 rings (SSSR count). The van der Waals surface area contributed by atoms with Crippen molar-refractivity contribution in [3.63, 3.8) is 0 Å². The molecule has 0 aliphatic carbocycles. The Bertz CT molecular complexity index is 1290. The van der Waals surface area contributed by atoms with Gasteiger partial charge in [0.15, 0.2) is 6.04 Å². The van der Waals surface area contributed by atoms with Gasteiger partial charge in [0.05, 0.1) is 31.5 Å². The van der Waals surface area contributed by atoms with Crippen molar-refractivity contribution < 1.29 is 49.1 Å². The molecule has 246 valence electrons. The SMILES string of the molecule is COC(=O)[C@@H](NC(=O)[C@@H](NC(=O)[C@@H]1C[C@@H](O)CN1C(=O)[C@@H](N)[C@@H](C)O)[C@H](O)Cc1ccc(OCc2ccccc2)cc1)[C@@H](C)O. The van der Waals surface area contributed by atoms with Crippen molar-refractivity contribution in [1.82, 2.24) is 15.5 Å². The molecule has 8 atom stereocenters. The van der Waals surface area contributed by atoms with Gasteiger partial charge >= 0.3 is 5.97 Å². The van der Waals surface area contributed by atoms with Crippen molar-refractivity contribution in [2.45, 2.75) is 81.9 Å². The monoisotopic (exact) mass is 630 g/mol. The first-order valence-electron chi connectivity index (χ1n) is 14.5. The van der Waals surface area contributed by atoms with Crippen LogP contribution in [0, 0.1) is 0 Å². The molecule has 8 N–H and O–H groups in total. The van der Waals surface area contributed by atoms with Crippen LogP contribution in [-0.4, -0.2) is 111 Å². The second-order valence-corrected chi connectivity index (χ2v) is 11.1. The Hall–Kier alpha value is -4.08. The van der Waals surface area contributed by atoms with Crippen LogP contribution in [0.4, 0.5) is 0 Å². The van der Waals surface area contributed by atoms with Gasteiger partial charge in [0.2, 0.25) is 17.7 Å². The van der Waals surface area contributed by atoms with E-state index in [0.717, 1.165) is 17.6 Å². The molecular weight excluding hydrogens is 588 g/mol. The molecule has 1 saturated heterocycles. The lowest BCUT2D eigenvalue weighted by molar-refractivity contribution is -0.149. The number of hydrogen-bond acceptors (Lipinski definition) is 11. The molecule has 0 aromatic heterocycles. The van der Waals surface area contributed by atoms with Crippen LogP contribution in [0.5, 0.6) is 5.75 Å². The fraction of sp³-hybridized carbons (Fsp3) is 0.484. The number of nitrogens with one attached hydrogen (secondary N) is 2. The quantitative estimate of drug-likeness (QED) is 0.117. The zero-order valence-electron chi connectivity index (χ0n) is 25.4. The van der Waals surface area contributed by atoms with Gasteiger partial charge in [0, 0.05) is 19.4 Å². The number of nitrogens with two attached hydrogens (primary N) is 1. The number of aliphatic hydroxyl groups excluding tert-OH is 4. The molecular formula is C31H42N4O10. The standard InChI is InChI=1S/C31H42N4O10/c1-17(36)25(32)30(42)35-15-21(38)14-23(35)28(40)34-27(29(41)33-26(18(2)37)31(43)44-3)24(39)13-19-9-11-22(12-10-19)45-16-20-7-5-4-6-8-20/h4-12,17-18,21,23-27,36-39H,13-16,32H2,1-3H3,(H,33,41)(H,34,40)/t17-,18-,21-,23+,24-,25+,26+,27+/m1/s1. The summed E-state index contributed by atoms with van der Waals surface area (Å²) in [7, 11) is 1.07. The Labute approximate surface area is 261 Å². The zero-order chi connectivity index (χ0) is 33.3. The molecule has 1 aliphatic rings. The predicted molar refractivity (Wildman–Crippen MR) is 160 cm³/mol. The molecule has 0 unspecified atom stereocenters. The van der Waals surface area contributed by atoms with Crippen LogP contribution in [0.15, 0.2) is 54.6 Å². The number of nitrogens with zero attached hydrogens (tertiary/aromatic N) is 1. The summed E-state index contributed by atoms with van der Waals surface area (Å²) in [4.78, 5) is 52.9. The van der Waals surface area contributed by atoms with E-state index in [1.165, 1.54) is 13.8 Å². The number of esters is 1. The van der Waals surface area contributed by atoms with Crippen LogP contribution in [0.3, 0.4) is 0 Å². The lowest BCUT2D eigenvalue weighted by atomic mass is 9.99. The molecule has 0 radical (unpaired) electrons. The van der Waals surface area contributed by atoms with Gasteiger partial charge in [-0.25, -0.2) is 4.79 Å². The second-order valence-electron chi connectivity index (χ2n) is 11.1. The molecule has 14 heteroatoms. The average molecular weight is 631 g/mol. The summed E-state index contributed by atoms with van der Waals surface area (Å²) in [5, 5.41) is 46.0. The van der Waals surface area contributed by atoms with E-state index in [2.05, 4.69) is 15.4 Å². The minimum atomic E-state index is -1.67. The van der Waals surface area contributed by atoms with E-state index in [9.17, 15) is 39.6 Å². The second kappa shape index (κ2) is 16.3. The third-order valence-corrected chi connectivity index (χ3v) is 7.49. The third-order valence-electron chi connectivity index (χ3n) is 7.49. The molecule has 3 amide bonds. The summed E-state index contributed by atoms with van der Waals surface area (Å²) in [5.41, 5.74) is 7.34. The number of methoxy groups -OCH3 is 1. The number of carbonyl (C=O) groups is 4. The predicted octanol–water partition coefficient (Wildman–Crippen LogP) is -1.64. The maximum atomic E-state index is 13.4. The van der Waals surface area contributed by atoms with Gasteiger partial charge in [-0.15, -0.1) is 0 Å². The minimum Gasteiger partial charge on any atom is -0.489 e. The number of likely N-dealkylation sites (tertiary alicyclic amines) is 1. The number of hydrogen-bond donors (Lipinski definition) is 7. The van der Waals surface area contributed by atoms with Crippen molar-refractivity contribution in [2.75, 3.05) is 13.7 Å². The summed E-state index contributed by atoms with van der Waals surface area (Å²) < 4.78 is 10.4. The van der Waals surface area contributed by atoms with E-state index in [1.54, 1.807) is 24.3 Å². The first-order chi connectivity index (χ1) is 21.3. The van der Waals surface area contributed by atoms with Crippen molar-refractivity contribution in [3.8, 4) is 5.75 Å². The summed E-state index contributed by atoms with van der Waals surface area (Å²) in [6, 6.07) is 10.5. The highest BCUT2D eigenvalue weighted by Crippen LogP contribution is 2.21. The zero-order valence-corrected chi connectivity index (χ0v) is 25.4. The van der Waals surface area contributed by atoms with Gasteiger partial charge in [-0.05, 0) is 37.1 Å². The first-order valence-corrected chi connectivity index (χ1v) is 14.5. The van der Waals surface area contributed by atoms with E-state index in [1.807, 2.05) is 30.3 Å². The highest BCUT2D eigenvalue weighted by molar-refractivity contribution is 5.95. The van der Waals surface area contributed by atoms with Gasteiger partial charge in [-0.1, -0.05) is 42.5 Å². The van der Waals surface area contributed by atoms with E-state index in [0.29, 0.717) is 17.9 Å². The van der Waals surface area contributed by atoms with Crippen molar-refractivity contribution in [3.05, 3.63) is 65.7 Å². The normalized spacial score (nSPS) is 20.2. The van der Waals surface area contributed by atoms with Crippen molar-refractivity contribution >= 4 is 23.7 Å². The molecule has 45 heavy (non-hydrogen) atoms. The number of β-amino-alcohol motifs (C(OH)–C–C–N with tert-alkyl or cyclic N) is 1. The molecule has 14 nitrogen and oxygen atoms in total. The summed E-state index contributed by atoms with van der Waals surface area (Å²) in [6.07, 6.45) is -5.55. The Morgan fingerprint density at radius 2 is 1.58 bits per heavy atom. The van der Waals surface area contributed by atoms with Crippen LogP contribution in [0.2, 0.25) is 0 Å². The number of ether oxygens (including phenoxy) is 2. The molecule has 0 bridgehead atoms. The molecule has 2 aromatic carbocycles. The summed E-state index contributed by atoms with van der Waals surface area (Å²) >= 11 is 0. The Kier molecular flexibility index (Phi) is 12.8. The van der Waals surface area contributed by atoms with Crippen LogP contribution in [0.25, 0.3) is 0 Å². The van der Waals surface area contributed by atoms with E-state index in [-0.39, 0.29) is 19.4 Å². The smallest absolute Gasteiger partial charge is 0.331 e. The topological polar surface area (TPSA) is 221 Å². The lowest BCUT2D eigenvalue weighted by Crippen LogP contribution is -2.61. The Morgan fingerprint density at radius 1 is 0.933 bits per heavy atom. The van der Waals surface area contributed by atoms with Crippen LogP contribution in [0.1, 0.15) is 31.4 Å². The number of amides is 3. The van der Waals surface area contributed by atoms with Gasteiger partial charge in [-0.2, -0.15) is 0 Å². The van der Waals surface area contributed by atoms with E-state index in [4.69, 9.17) is 10.5 Å². The number of aliphatic hydroxyl groups is 4. The highest BCUT2D eigenvalue weighted by atomic mass is 16.5. The molecule has 1 aliphatic heterocycles. The third kappa shape index (κ3) is 9.70. The molecule has 1 heterocycles. The molecule has 1 fully saturated rings. The molecule has 0 spiro atoms. The van der Waals surface area contributed by atoms with Crippen LogP contribution >= 0.6 is 0 Å². The number of benzene rings is 2. The average Bonchev–Trinajstić information content (AvgIpc) is 3.42. The van der Waals surface area contributed by atoms with Gasteiger partial charge in [-0.3, -0.25) is 14.4 Å². The summed E-state index contributed by atoms with van der Waals surface area (Å²) in [6.45, 7) is 2.67. The van der Waals surface area contributed by atoms with Crippen LogP contribution in [-0.2, 0) is 36.9 Å². The largest absolute Gasteiger partial charge is 0.489 e. The number of rotatable bonds is 14. The fourth-order valence-corrected chi connectivity index (χ4v) is 4.86. The summed E-state index contributed by atoms with van der Waals surface area (Å²) in [5.74, 6) is -3.05. The Morgan fingerprint density at radius 3 is 2.16 bits per heavy atom. The highest BCUT2D eigenvalue weighted by Gasteiger charge is 2.43. The molecule has 0 saturated carbocycles. The molecule has 2 aromatic rings. The van der Waals surface area contributed by atoms with Gasteiger partial charge in [0.25, 0.3) is 0 Å². The maximum Gasteiger partial charge on any atom is 0.331 e. The van der Waals surface area contributed by atoms with E-state index < -0.39 is 72.3 Å². The minimum absolute atomic E-state index is 0.127. The van der Waals surface area contributed by atoms with E-state index >= 15 is 0 Å².